The van der Waals surface area contributed by atoms with E-state index >= 15 is 0 Å². The number of rotatable bonds is 9. The molecule has 2 N–H and O–H groups in total. The van der Waals surface area contributed by atoms with Gasteiger partial charge < -0.3 is 20.3 Å². The molecular weight excluding hydrogens is 324 g/mol. The first-order valence-electron chi connectivity index (χ1n) is 9.02. The normalized spacial score (nSPS) is 11.5. The molecule has 0 bridgehead atoms. The molecule has 2 aromatic rings. The zero-order chi connectivity index (χ0) is 18.6. The molecular formula is C21H30N4O. The van der Waals surface area contributed by atoms with Gasteiger partial charge in [-0.05, 0) is 43.8 Å². The van der Waals surface area contributed by atoms with E-state index in [4.69, 9.17) is 4.74 Å². The van der Waals surface area contributed by atoms with Crippen molar-refractivity contribution in [3.8, 4) is 5.75 Å². The van der Waals surface area contributed by atoms with Crippen LogP contribution < -0.4 is 15.4 Å². The lowest BCUT2D eigenvalue weighted by atomic mass is 10.2. The Bertz CT molecular complexity index is 653. The molecule has 0 radical (unpaired) electrons. The van der Waals surface area contributed by atoms with E-state index in [-0.39, 0.29) is 0 Å². The summed E-state index contributed by atoms with van der Waals surface area (Å²) in [5.74, 6) is 1.71. The number of nitrogens with one attached hydrogen (secondary N) is 2. The van der Waals surface area contributed by atoms with Gasteiger partial charge in [-0.1, -0.05) is 42.5 Å². The van der Waals surface area contributed by atoms with Crippen LogP contribution in [0.25, 0.3) is 0 Å². The minimum Gasteiger partial charge on any atom is -0.494 e. The molecule has 26 heavy (non-hydrogen) atoms. The Balaban J connectivity index is 1.72. The smallest absolute Gasteiger partial charge is 0.191 e. The predicted octanol–water partition coefficient (Wildman–Crippen LogP) is 2.88. The van der Waals surface area contributed by atoms with Crippen LogP contribution in [-0.4, -0.2) is 45.2 Å². The van der Waals surface area contributed by atoms with Gasteiger partial charge in [0.25, 0.3) is 0 Å². The van der Waals surface area contributed by atoms with Gasteiger partial charge in [0.1, 0.15) is 5.75 Å². The molecule has 2 rings (SSSR count). The lowest BCUT2D eigenvalue weighted by molar-refractivity contribution is 0.281. The fourth-order valence-electron chi connectivity index (χ4n) is 2.46. The summed E-state index contributed by atoms with van der Waals surface area (Å²) in [4.78, 5) is 6.43. The first-order chi connectivity index (χ1) is 12.7. The quantitative estimate of drug-likeness (QED) is 0.413. The highest BCUT2D eigenvalue weighted by molar-refractivity contribution is 5.79. The summed E-state index contributed by atoms with van der Waals surface area (Å²) < 4.78 is 5.76. The molecule has 0 unspecified atom stereocenters. The number of guanidine groups is 1. The highest BCUT2D eigenvalue weighted by atomic mass is 16.5. The van der Waals surface area contributed by atoms with Gasteiger partial charge in [0.05, 0.1) is 6.61 Å². The van der Waals surface area contributed by atoms with Crippen molar-refractivity contribution in [3.63, 3.8) is 0 Å². The summed E-state index contributed by atoms with van der Waals surface area (Å²) in [5, 5.41) is 6.65. The van der Waals surface area contributed by atoms with Crippen LogP contribution >= 0.6 is 0 Å². The lowest BCUT2D eigenvalue weighted by Gasteiger charge is -2.13. The molecule has 0 spiro atoms. The van der Waals surface area contributed by atoms with Gasteiger partial charge in [-0.2, -0.15) is 0 Å². The van der Waals surface area contributed by atoms with Crippen molar-refractivity contribution in [1.82, 2.24) is 15.5 Å². The van der Waals surface area contributed by atoms with Crippen molar-refractivity contribution >= 4 is 5.96 Å². The van der Waals surface area contributed by atoms with Crippen LogP contribution in [0.4, 0.5) is 0 Å². The zero-order valence-corrected chi connectivity index (χ0v) is 16.0. The van der Waals surface area contributed by atoms with E-state index in [1.54, 1.807) is 7.05 Å². The minimum atomic E-state index is 0.718. The predicted molar refractivity (Wildman–Crippen MR) is 109 cm³/mol. The first kappa shape index (κ1) is 19.8. The average Bonchev–Trinajstić information content (AvgIpc) is 2.67. The van der Waals surface area contributed by atoms with Gasteiger partial charge in [-0.3, -0.25) is 4.99 Å². The van der Waals surface area contributed by atoms with Gasteiger partial charge in [0.15, 0.2) is 5.96 Å². The van der Waals surface area contributed by atoms with E-state index in [1.165, 1.54) is 11.1 Å². The van der Waals surface area contributed by atoms with Gasteiger partial charge >= 0.3 is 0 Å². The summed E-state index contributed by atoms with van der Waals surface area (Å²) in [6.45, 7) is 3.25. The molecule has 140 valence electrons. The van der Waals surface area contributed by atoms with Crippen LogP contribution in [0.2, 0.25) is 0 Å². The standard InChI is InChI=1S/C21H30N4O/c1-22-21(23-16-18-8-5-4-6-9-18)24-17-19-10-12-20(13-11-19)26-15-7-14-25(2)3/h4-6,8-13H,7,14-17H2,1-3H3,(H2,22,23,24). The number of hydrogen-bond donors (Lipinski definition) is 2. The van der Waals surface area contributed by atoms with Crippen molar-refractivity contribution in [2.24, 2.45) is 4.99 Å². The summed E-state index contributed by atoms with van der Waals surface area (Å²) in [6, 6.07) is 18.5. The van der Waals surface area contributed by atoms with Gasteiger partial charge in [-0.25, -0.2) is 0 Å². The topological polar surface area (TPSA) is 48.9 Å². The Hall–Kier alpha value is -2.53. The highest BCUT2D eigenvalue weighted by Gasteiger charge is 2.00. The minimum absolute atomic E-state index is 0.718. The van der Waals surface area contributed by atoms with Gasteiger partial charge in [0, 0.05) is 26.7 Å². The molecule has 0 aliphatic heterocycles. The Kier molecular flexibility index (Phi) is 8.49. The van der Waals surface area contributed by atoms with E-state index < -0.39 is 0 Å². The van der Waals surface area contributed by atoms with Crippen molar-refractivity contribution in [3.05, 3.63) is 65.7 Å². The zero-order valence-electron chi connectivity index (χ0n) is 16.0. The second kappa shape index (κ2) is 11.2. The highest BCUT2D eigenvalue weighted by Crippen LogP contribution is 2.12. The number of aliphatic imine (C=N–C) groups is 1. The Morgan fingerprint density at radius 2 is 1.54 bits per heavy atom. The van der Waals surface area contributed by atoms with Crippen molar-refractivity contribution in [2.75, 3.05) is 34.3 Å². The van der Waals surface area contributed by atoms with E-state index in [1.807, 2.05) is 30.3 Å². The largest absolute Gasteiger partial charge is 0.494 e. The van der Waals surface area contributed by atoms with Crippen LogP contribution in [-0.2, 0) is 13.1 Å². The monoisotopic (exact) mass is 354 g/mol. The summed E-state index contributed by atoms with van der Waals surface area (Å²) in [7, 11) is 5.93. The molecule has 0 atom stereocenters. The maximum Gasteiger partial charge on any atom is 0.191 e. The molecule has 0 aliphatic rings. The fraction of sp³-hybridized carbons (Fsp3) is 0.381. The van der Waals surface area contributed by atoms with Gasteiger partial charge in [0.2, 0.25) is 0 Å². The second-order valence-electron chi connectivity index (χ2n) is 6.41. The number of benzene rings is 2. The maximum absolute atomic E-state index is 5.76. The van der Waals surface area contributed by atoms with Crippen LogP contribution in [0.15, 0.2) is 59.6 Å². The Morgan fingerprint density at radius 3 is 2.12 bits per heavy atom. The molecule has 5 heteroatoms. The molecule has 0 aromatic heterocycles. The Morgan fingerprint density at radius 1 is 0.923 bits per heavy atom. The summed E-state index contributed by atoms with van der Waals surface area (Å²) in [5.41, 5.74) is 2.42. The number of hydrogen-bond acceptors (Lipinski definition) is 3. The van der Waals surface area contributed by atoms with Crippen molar-refractivity contribution in [2.45, 2.75) is 19.5 Å². The van der Waals surface area contributed by atoms with Crippen LogP contribution in [0.1, 0.15) is 17.5 Å². The SMILES string of the molecule is CN=C(NCc1ccccc1)NCc1ccc(OCCCN(C)C)cc1. The van der Waals surface area contributed by atoms with Crippen LogP contribution in [0.3, 0.4) is 0 Å². The van der Waals surface area contributed by atoms with E-state index in [0.717, 1.165) is 44.4 Å². The summed E-state index contributed by atoms with van der Waals surface area (Å²) >= 11 is 0. The second-order valence-corrected chi connectivity index (χ2v) is 6.41. The molecule has 0 aliphatic carbocycles. The van der Waals surface area contributed by atoms with Gasteiger partial charge in [-0.15, -0.1) is 0 Å². The lowest BCUT2D eigenvalue weighted by Crippen LogP contribution is -2.36. The van der Waals surface area contributed by atoms with Crippen LogP contribution in [0.5, 0.6) is 5.75 Å². The molecule has 0 saturated carbocycles. The number of ether oxygens (including phenoxy) is 1. The van der Waals surface area contributed by atoms with E-state index in [9.17, 15) is 0 Å². The number of nitrogens with zero attached hydrogens (tertiary/aromatic N) is 2. The molecule has 5 nitrogen and oxygen atoms in total. The molecule has 0 saturated heterocycles. The van der Waals surface area contributed by atoms with Crippen molar-refractivity contribution in [1.29, 1.82) is 0 Å². The third-order valence-electron chi connectivity index (χ3n) is 3.93. The Labute approximate surface area is 157 Å². The van der Waals surface area contributed by atoms with Crippen molar-refractivity contribution < 1.29 is 4.74 Å². The average molecular weight is 354 g/mol. The molecule has 0 fully saturated rings. The molecule has 0 amide bonds. The fourth-order valence-corrected chi connectivity index (χ4v) is 2.46. The summed E-state index contributed by atoms with van der Waals surface area (Å²) in [6.07, 6.45) is 1.03. The maximum atomic E-state index is 5.76. The van der Waals surface area contributed by atoms with E-state index in [0.29, 0.717) is 0 Å². The first-order valence-corrected chi connectivity index (χ1v) is 9.02. The van der Waals surface area contributed by atoms with Crippen LogP contribution in [0, 0.1) is 0 Å². The van der Waals surface area contributed by atoms with E-state index in [2.05, 4.69) is 58.9 Å². The third-order valence-corrected chi connectivity index (χ3v) is 3.93. The third kappa shape index (κ3) is 7.57. The molecule has 2 aromatic carbocycles. The molecule has 0 heterocycles.